The van der Waals surface area contributed by atoms with E-state index in [1.54, 1.807) is 0 Å². The van der Waals surface area contributed by atoms with Crippen LogP contribution in [0.2, 0.25) is 0 Å². The van der Waals surface area contributed by atoms with Gasteiger partial charge in [0.1, 0.15) is 6.17 Å². The zero-order valence-electron chi connectivity index (χ0n) is 7.09. The average molecular weight is 157 g/mol. The van der Waals surface area contributed by atoms with Gasteiger partial charge in [-0.15, -0.1) is 0 Å². The molecule has 0 aliphatic carbocycles. The van der Waals surface area contributed by atoms with Gasteiger partial charge in [-0.25, -0.2) is 4.39 Å². The van der Waals surface area contributed by atoms with Gasteiger partial charge < -0.3 is 0 Å². The summed E-state index contributed by atoms with van der Waals surface area (Å²) in [6, 6.07) is 0. The van der Waals surface area contributed by atoms with Gasteiger partial charge in [-0.3, -0.25) is 4.90 Å². The molecule has 0 aromatic rings. The summed E-state index contributed by atoms with van der Waals surface area (Å²) >= 11 is 0. The molecule has 64 valence electrons. The first-order valence-electron chi connectivity index (χ1n) is 4.30. The van der Waals surface area contributed by atoms with Gasteiger partial charge in [-0.05, 0) is 26.3 Å². The standard InChI is InChI=1S/C9H16FN/c1-2-3-6-11-7-4-5-9(10)8-11/h2-3,9H,4-8H2,1H3. The Labute approximate surface area is 67.9 Å². The van der Waals surface area contributed by atoms with Crippen LogP contribution < -0.4 is 0 Å². The molecular weight excluding hydrogens is 141 g/mol. The van der Waals surface area contributed by atoms with Crippen LogP contribution >= 0.6 is 0 Å². The van der Waals surface area contributed by atoms with Crippen molar-refractivity contribution in [3.8, 4) is 0 Å². The number of hydrogen-bond acceptors (Lipinski definition) is 1. The lowest BCUT2D eigenvalue weighted by Gasteiger charge is -2.27. The summed E-state index contributed by atoms with van der Waals surface area (Å²) in [5.74, 6) is 0. The highest BCUT2D eigenvalue weighted by Gasteiger charge is 2.17. The molecule has 1 atom stereocenters. The Morgan fingerprint density at radius 1 is 1.64 bits per heavy atom. The van der Waals surface area contributed by atoms with E-state index < -0.39 is 6.17 Å². The lowest BCUT2D eigenvalue weighted by molar-refractivity contribution is 0.150. The Morgan fingerprint density at radius 3 is 3.09 bits per heavy atom. The maximum Gasteiger partial charge on any atom is 0.113 e. The predicted octanol–water partition coefficient (Wildman–Crippen LogP) is 2.00. The van der Waals surface area contributed by atoms with Crippen molar-refractivity contribution in [1.29, 1.82) is 0 Å². The molecule has 1 rings (SSSR count). The number of halogens is 1. The van der Waals surface area contributed by atoms with Crippen LogP contribution in [0.1, 0.15) is 19.8 Å². The van der Waals surface area contributed by atoms with Crippen molar-refractivity contribution in [2.45, 2.75) is 25.9 Å². The molecule has 1 aliphatic rings. The maximum atomic E-state index is 12.8. The van der Waals surface area contributed by atoms with E-state index in [0.29, 0.717) is 6.54 Å². The Balaban J connectivity index is 2.22. The SMILES string of the molecule is CC=CCN1CCCC(F)C1. The first-order valence-corrected chi connectivity index (χ1v) is 4.30. The van der Waals surface area contributed by atoms with Gasteiger partial charge in [0, 0.05) is 13.1 Å². The van der Waals surface area contributed by atoms with Crippen LogP contribution in [0, 0.1) is 0 Å². The molecule has 0 N–H and O–H groups in total. The summed E-state index contributed by atoms with van der Waals surface area (Å²) in [5, 5.41) is 0. The van der Waals surface area contributed by atoms with Gasteiger partial charge in [0.05, 0.1) is 0 Å². The number of nitrogens with zero attached hydrogens (tertiary/aromatic N) is 1. The zero-order chi connectivity index (χ0) is 8.10. The second-order valence-corrected chi connectivity index (χ2v) is 3.07. The van der Waals surface area contributed by atoms with E-state index in [1.807, 2.05) is 13.0 Å². The van der Waals surface area contributed by atoms with Crippen LogP contribution in [-0.2, 0) is 0 Å². The number of piperidine rings is 1. The lowest BCUT2D eigenvalue weighted by Crippen LogP contribution is -2.36. The predicted molar refractivity (Wildman–Crippen MR) is 45.4 cm³/mol. The monoisotopic (exact) mass is 157 g/mol. The summed E-state index contributed by atoms with van der Waals surface area (Å²) in [6.45, 7) is 4.60. The first-order chi connectivity index (χ1) is 5.33. The van der Waals surface area contributed by atoms with Crippen LogP contribution in [0.4, 0.5) is 4.39 Å². The minimum Gasteiger partial charge on any atom is -0.297 e. The highest BCUT2D eigenvalue weighted by atomic mass is 19.1. The van der Waals surface area contributed by atoms with E-state index in [2.05, 4.69) is 11.0 Å². The highest BCUT2D eigenvalue weighted by Crippen LogP contribution is 2.12. The fraction of sp³-hybridized carbons (Fsp3) is 0.778. The minimum atomic E-state index is -0.589. The first kappa shape index (κ1) is 8.72. The lowest BCUT2D eigenvalue weighted by atomic mass is 10.1. The molecule has 11 heavy (non-hydrogen) atoms. The van der Waals surface area contributed by atoms with E-state index in [0.717, 1.165) is 25.9 Å². The quantitative estimate of drug-likeness (QED) is 0.554. The molecule has 1 heterocycles. The van der Waals surface area contributed by atoms with Crippen molar-refractivity contribution < 1.29 is 4.39 Å². The molecule has 0 saturated carbocycles. The molecule has 0 radical (unpaired) electrons. The van der Waals surface area contributed by atoms with Crippen molar-refractivity contribution in [2.75, 3.05) is 19.6 Å². The van der Waals surface area contributed by atoms with Crippen molar-refractivity contribution in [3.05, 3.63) is 12.2 Å². The Kier molecular flexibility index (Phi) is 3.57. The third kappa shape index (κ3) is 3.02. The van der Waals surface area contributed by atoms with E-state index in [4.69, 9.17) is 0 Å². The van der Waals surface area contributed by atoms with Crippen LogP contribution in [0.15, 0.2) is 12.2 Å². The molecule has 0 aromatic carbocycles. The van der Waals surface area contributed by atoms with Gasteiger partial charge in [0.15, 0.2) is 0 Å². The van der Waals surface area contributed by atoms with Gasteiger partial charge in [0.2, 0.25) is 0 Å². The molecule has 0 bridgehead atoms. The molecule has 1 nitrogen and oxygen atoms in total. The fourth-order valence-electron chi connectivity index (χ4n) is 1.42. The normalized spacial score (nSPS) is 28.0. The number of hydrogen-bond donors (Lipinski definition) is 0. The van der Waals surface area contributed by atoms with Crippen LogP contribution in [0.5, 0.6) is 0 Å². The van der Waals surface area contributed by atoms with Crippen molar-refractivity contribution in [2.24, 2.45) is 0 Å². The second-order valence-electron chi connectivity index (χ2n) is 3.07. The van der Waals surface area contributed by atoms with Crippen molar-refractivity contribution >= 4 is 0 Å². The molecule has 1 aliphatic heterocycles. The van der Waals surface area contributed by atoms with Crippen LogP contribution in [0.3, 0.4) is 0 Å². The van der Waals surface area contributed by atoms with E-state index >= 15 is 0 Å². The summed E-state index contributed by atoms with van der Waals surface area (Å²) in [4.78, 5) is 2.16. The topological polar surface area (TPSA) is 3.24 Å². The zero-order valence-corrected chi connectivity index (χ0v) is 7.09. The number of likely N-dealkylation sites (tertiary alicyclic amines) is 1. The molecule has 0 amide bonds. The van der Waals surface area contributed by atoms with Gasteiger partial charge in [0.25, 0.3) is 0 Å². The smallest absolute Gasteiger partial charge is 0.113 e. The highest BCUT2D eigenvalue weighted by molar-refractivity contribution is 4.83. The van der Waals surface area contributed by atoms with E-state index in [1.165, 1.54) is 0 Å². The maximum absolute atomic E-state index is 12.8. The van der Waals surface area contributed by atoms with E-state index in [9.17, 15) is 4.39 Å². The molecular formula is C9H16FN. The fourth-order valence-corrected chi connectivity index (χ4v) is 1.42. The molecule has 2 heteroatoms. The van der Waals surface area contributed by atoms with Crippen LogP contribution in [-0.4, -0.2) is 30.7 Å². The van der Waals surface area contributed by atoms with Gasteiger partial charge >= 0.3 is 0 Å². The second kappa shape index (κ2) is 4.50. The summed E-state index contributed by atoms with van der Waals surface area (Å²) < 4.78 is 12.8. The van der Waals surface area contributed by atoms with Gasteiger partial charge in [-0.2, -0.15) is 0 Å². The molecule has 1 saturated heterocycles. The Bertz CT molecular complexity index is 134. The molecule has 1 unspecified atom stereocenters. The van der Waals surface area contributed by atoms with Crippen LogP contribution in [0.25, 0.3) is 0 Å². The minimum absolute atomic E-state index is 0.589. The van der Waals surface area contributed by atoms with Crippen molar-refractivity contribution in [1.82, 2.24) is 4.90 Å². The van der Waals surface area contributed by atoms with E-state index in [-0.39, 0.29) is 0 Å². The Morgan fingerprint density at radius 2 is 2.45 bits per heavy atom. The van der Waals surface area contributed by atoms with Gasteiger partial charge in [-0.1, -0.05) is 12.2 Å². The molecule has 0 spiro atoms. The number of allylic oxidation sites excluding steroid dienone is 1. The molecule has 1 fully saturated rings. The third-order valence-corrected chi connectivity index (χ3v) is 2.05. The Hall–Kier alpha value is -0.370. The summed E-state index contributed by atoms with van der Waals surface area (Å²) in [5.41, 5.74) is 0. The largest absolute Gasteiger partial charge is 0.297 e. The summed E-state index contributed by atoms with van der Waals surface area (Å²) in [7, 11) is 0. The molecule has 0 aromatic heterocycles. The number of rotatable bonds is 2. The van der Waals surface area contributed by atoms with Crippen molar-refractivity contribution in [3.63, 3.8) is 0 Å². The summed E-state index contributed by atoms with van der Waals surface area (Å²) in [6.07, 6.45) is 5.28. The number of alkyl halides is 1. The average Bonchev–Trinajstić information content (AvgIpc) is 2.01. The third-order valence-electron chi connectivity index (χ3n) is 2.05.